The number of aliphatic hydroxyl groups excluding tert-OH is 1. The maximum atomic E-state index is 8.64. The quantitative estimate of drug-likeness (QED) is 0.758. The SMILES string of the molecule is C[N-]C.[CH2-]N(C)CC(C)O.[W+2]. The van der Waals surface area contributed by atoms with Crippen LogP contribution in [0.3, 0.4) is 0 Å². The number of likely N-dealkylation sites (N-methyl/N-ethyl adjacent to an activating group) is 1. The van der Waals surface area contributed by atoms with Crippen molar-refractivity contribution in [2.24, 2.45) is 0 Å². The third-order valence-corrected chi connectivity index (χ3v) is 0.576. The van der Waals surface area contributed by atoms with Gasteiger partial charge in [0.25, 0.3) is 0 Å². The molecule has 0 aromatic rings. The number of aliphatic hydroxyl groups is 1. The van der Waals surface area contributed by atoms with Crippen molar-refractivity contribution in [1.82, 2.24) is 4.90 Å². The standard InChI is InChI=1S/C5H12NO.C2H6N.W/c1-5(7)4-6(2)3;1-3-2;/h5,7H,2,4H2,1,3H3;1-2H3;/q2*-1;+2. The maximum Gasteiger partial charge on any atom is 2.00 e. The largest absolute Gasteiger partial charge is 2.00 e. The summed E-state index contributed by atoms with van der Waals surface area (Å²) in [5.74, 6) is 0. The summed E-state index contributed by atoms with van der Waals surface area (Å²) >= 11 is 0. The molecule has 0 aliphatic carbocycles. The second-order valence-corrected chi connectivity index (χ2v) is 2.33. The van der Waals surface area contributed by atoms with Gasteiger partial charge < -0.3 is 15.3 Å². The molecule has 4 heteroatoms. The van der Waals surface area contributed by atoms with Gasteiger partial charge in [-0.2, -0.15) is 14.1 Å². The Kier molecular flexibility index (Phi) is 21.1. The van der Waals surface area contributed by atoms with Crippen molar-refractivity contribution in [2.45, 2.75) is 13.0 Å². The molecule has 11 heavy (non-hydrogen) atoms. The predicted molar refractivity (Wildman–Crippen MR) is 44.9 cm³/mol. The van der Waals surface area contributed by atoms with Crippen LogP contribution in [0.15, 0.2) is 0 Å². The molecule has 3 nitrogen and oxygen atoms in total. The Morgan fingerprint density at radius 2 is 1.82 bits per heavy atom. The van der Waals surface area contributed by atoms with Crippen LogP contribution in [0.2, 0.25) is 0 Å². The molecular weight excluding hydrogens is 312 g/mol. The smallest absolute Gasteiger partial charge is 0.668 e. The first-order valence-electron chi connectivity index (χ1n) is 3.22. The molecule has 0 aromatic heterocycles. The van der Waals surface area contributed by atoms with E-state index in [4.69, 9.17) is 5.11 Å². The summed E-state index contributed by atoms with van der Waals surface area (Å²) < 4.78 is 0. The first-order valence-corrected chi connectivity index (χ1v) is 3.22. The third-order valence-electron chi connectivity index (χ3n) is 0.576. The Hall–Kier alpha value is 0.568. The average Bonchev–Trinajstić information content (AvgIpc) is 1.62. The van der Waals surface area contributed by atoms with E-state index in [2.05, 4.69) is 12.4 Å². The molecule has 1 N–H and O–H groups in total. The zero-order valence-electron chi connectivity index (χ0n) is 7.74. The minimum Gasteiger partial charge on any atom is -0.668 e. The Morgan fingerprint density at radius 3 is 1.82 bits per heavy atom. The van der Waals surface area contributed by atoms with E-state index in [1.807, 2.05) is 7.05 Å². The minimum absolute atomic E-state index is 0. The number of hydrogen-bond acceptors (Lipinski definition) is 2. The number of nitrogens with zero attached hydrogens (tertiary/aromatic N) is 2. The summed E-state index contributed by atoms with van der Waals surface area (Å²) in [4.78, 5) is 1.70. The summed E-state index contributed by atoms with van der Waals surface area (Å²) in [6.45, 7) is 2.38. The van der Waals surface area contributed by atoms with Gasteiger partial charge >= 0.3 is 21.1 Å². The summed E-state index contributed by atoms with van der Waals surface area (Å²) in [7, 11) is 8.88. The van der Waals surface area contributed by atoms with Gasteiger partial charge in [-0.25, -0.2) is 0 Å². The van der Waals surface area contributed by atoms with Crippen molar-refractivity contribution in [3.05, 3.63) is 12.4 Å². The number of rotatable bonds is 2. The van der Waals surface area contributed by atoms with E-state index in [1.165, 1.54) is 0 Å². The number of hydrogen-bond donors (Lipinski definition) is 1. The molecule has 68 valence electrons. The first-order chi connectivity index (χ1) is 4.54. The molecule has 0 radical (unpaired) electrons. The minimum atomic E-state index is -0.262. The third kappa shape index (κ3) is 37.2. The summed E-state index contributed by atoms with van der Waals surface area (Å²) in [6, 6.07) is 0. The predicted octanol–water partition coefficient (Wildman–Crippen LogP) is 0.708. The van der Waals surface area contributed by atoms with E-state index in [0.717, 1.165) is 0 Å². The van der Waals surface area contributed by atoms with Crippen molar-refractivity contribution in [3.8, 4) is 0 Å². The summed E-state index contributed by atoms with van der Waals surface area (Å²) in [6.07, 6.45) is -0.262. The van der Waals surface area contributed by atoms with Gasteiger partial charge in [-0.15, -0.1) is 0 Å². The zero-order valence-corrected chi connectivity index (χ0v) is 10.7. The van der Waals surface area contributed by atoms with E-state index in [0.29, 0.717) is 6.54 Å². The van der Waals surface area contributed by atoms with Gasteiger partial charge in [0.1, 0.15) is 0 Å². The van der Waals surface area contributed by atoms with Crippen LogP contribution in [0, 0.1) is 7.05 Å². The van der Waals surface area contributed by atoms with Crippen molar-refractivity contribution in [3.63, 3.8) is 0 Å². The van der Waals surface area contributed by atoms with Gasteiger partial charge in [0, 0.05) is 0 Å². The van der Waals surface area contributed by atoms with Crippen molar-refractivity contribution < 1.29 is 26.2 Å². The molecule has 0 heterocycles. The molecule has 1 atom stereocenters. The normalized spacial score (nSPS) is 11.2. The van der Waals surface area contributed by atoms with Crippen LogP contribution in [0.1, 0.15) is 6.92 Å². The van der Waals surface area contributed by atoms with E-state index >= 15 is 0 Å². The zero-order chi connectivity index (χ0) is 8.57. The molecule has 0 saturated carbocycles. The van der Waals surface area contributed by atoms with Gasteiger partial charge in [0.15, 0.2) is 0 Å². The molecule has 0 fully saturated rings. The molecule has 1 unspecified atom stereocenters. The Morgan fingerprint density at radius 1 is 1.55 bits per heavy atom. The van der Waals surface area contributed by atoms with Gasteiger partial charge in [-0.3, -0.25) is 7.05 Å². The van der Waals surface area contributed by atoms with Crippen LogP contribution >= 0.6 is 0 Å². The van der Waals surface area contributed by atoms with Gasteiger partial charge in [-0.1, -0.05) is 0 Å². The fraction of sp³-hybridized carbons (Fsp3) is 0.857. The molecule has 0 spiro atoms. The van der Waals surface area contributed by atoms with E-state index in [-0.39, 0.29) is 27.2 Å². The molecule has 0 aliphatic rings. The molecule has 0 aliphatic heterocycles. The summed E-state index contributed by atoms with van der Waals surface area (Å²) in [5, 5.41) is 12.1. The maximum absolute atomic E-state index is 8.64. The molecule has 0 rings (SSSR count). The van der Waals surface area contributed by atoms with Crippen LogP contribution in [0.5, 0.6) is 0 Å². The molecule has 0 aromatic carbocycles. The second-order valence-electron chi connectivity index (χ2n) is 2.33. The van der Waals surface area contributed by atoms with Crippen molar-refractivity contribution >= 4 is 0 Å². The van der Waals surface area contributed by atoms with Crippen LogP contribution in [0.4, 0.5) is 0 Å². The van der Waals surface area contributed by atoms with Gasteiger partial charge in [0.05, 0.1) is 6.10 Å². The van der Waals surface area contributed by atoms with Crippen molar-refractivity contribution in [1.29, 1.82) is 0 Å². The fourth-order valence-electron chi connectivity index (χ4n) is 0.451. The molecule has 0 bridgehead atoms. The fourth-order valence-corrected chi connectivity index (χ4v) is 0.451. The van der Waals surface area contributed by atoms with Gasteiger partial charge in [-0.05, 0) is 20.5 Å². The van der Waals surface area contributed by atoms with E-state index in [9.17, 15) is 0 Å². The van der Waals surface area contributed by atoms with Crippen LogP contribution < -0.4 is 0 Å². The van der Waals surface area contributed by atoms with E-state index < -0.39 is 0 Å². The van der Waals surface area contributed by atoms with E-state index in [1.54, 1.807) is 25.9 Å². The Balaban J connectivity index is -0.000000140. The molecular formula is C7H18N2OW. The Bertz CT molecular complexity index is 54.4. The van der Waals surface area contributed by atoms with Gasteiger partial charge in [0.2, 0.25) is 0 Å². The average molecular weight is 330 g/mol. The van der Waals surface area contributed by atoms with Crippen LogP contribution in [-0.2, 0) is 21.1 Å². The van der Waals surface area contributed by atoms with Crippen molar-refractivity contribution in [2.75, 3.05) is 27.7 Å². The second kappa shape index (κ2) is 13.2. The summed E-state index contributed by atoms with van der Waals surface area (Å²) in [5.41, 5.74) is 0. The molecule has 0 saturated heterocycles. The van der Waals surface area contributed by atoms with Crippen LogP contribution in [0.25, 0.3) is 5.32 Å². The monoisotopic (exact) mass is 330 g/mol. The van der Waals surface area contributed by atoms with Crippen LogP contribution in [-0.4, -0.2) is 43.8 Å². The first kappa shape index (κ1) is 17.6. The Labute approximate surface area is 84.4 Å². The topological polar surface area (TPSA) is 37.6 Å². The molecule has 0 amide bonds.